The van der Waals surface area contributed by atoms with Crippen molar-refractivity contribution in [2.45, 2.75) is 32.4 Å². The summed E-state index contributed by atoms with van der Waals surface area (Å²) in [6.07, 6.45) is 2.22. The lowest BCUT2D eigenvalue weighted by molar-refractivity contribution is 0.0605. The van der Waals surface area contributed by atoms with Gasteiger partial charge in [-0.2, -0.15) is 0 Å². The van der Waals surface area contributed by atoms with Crippen LogP contribution in [-0.4, -0.2) is 34.5 Å². The zero-order chi connectivity index (χ0) is 19.0. The van der Waals surface area contributed by atoms with E-state index in [0.717, 1.165) is 19.4 Å². The highest BCUT2D eigenvalue weighted by Gasteiger charge is 2.27. The van der Waals surface area contributed by atoms with E-state index in [1.54, 1.807) is 6.92 Å². The second-order valence-electron chi connectivity index (χ2n) is 6.78. The molecule has 1 atom stereocenters. The number of carbonyl (C=O) groups is 1. The lowest BCUT2D eigenvalue weighted by Gasteiger charge is -2.24. The number of benzene rings is 1. The molecule has 1 aliphatic heterocycles. The van der Waals surface area contributed by atoms with Gasteiger partial charge in [0.15, 0.2) is 0 Å². The first-order valence-electron chi connectivity index (χ1n) is 8.98. The fraction of sp³-hybridized carbons (Fsp3) is 0.350. The molecule has 1 fully saturated rings. The van der Waals surface area contributed by atoms with Gasteiger partial charge >= 0.3 is 5.97 Å². The summed E-state index contributed by atoms with van der Waals surface area (Å²) >= 11 is 1.22. The molecule has 1 unspecified atom stereocenters. The average molecular weight is 383 g/mol. The highest BCUT2D eigenvalue weighted by molar-refractivity contribution is 7.20. The number of nitrogens with one attached hydrogen (secondary N) is 1. The lowest BCUT2D eigenvalue weighted by Crippen LogP contribution is -2.25. The van der Waals surface area contributed by atoms with Crippen molar-refractivity contribution < 1.29 is 9.53 Å². The van der Waals surface area contributed by atoms with Crippen molar-refractivity contribution in [2.24, 2.45) is 0 Å². The Morgan fingerprint density at radius 1 is 1.37 bits per heavy atom. The van der Waals surface area contributed by atoms with Crippen LogP contribution in [0.4, 0.5) is 0 Å². The summed E-state index contributed by atoms with van der Waals surface area (Å²) in [5.41, 5.74) is 1.72. The highest BCUT2D eigenvalue weighted by atomic mass is 32.1. The number of H-pyrrole nitrogens is 1. The molecule has 1 saturated heterocycles. The number of aromatic amines is 1. The van der Waals surface area contributed by atoms with E-state index in [-0.39, 0.29) is 5.56 Å². The van der Waals surface area contributed by atoms with Gasteiger partial charge in [-0.1, -0.05) is 30.3 Å². The molecule has 0 bridgehead atoms. The van der Waals surface area contributed by atoms with E-state index in [9.17, 15) is 9.59 Å². The molecule has 2 aromatic heterocycles. The third kappa shape index (κ3) is 3.28. The summed E-state index contributed by atoms with van der Waals surface area (Å²) in [7, 11) is 1.34. The Kier molecular flexibility index (Phi) is 4.80. The van der Waals surface area contributed by atoms with Crippen molar-refractivity contribution in [3.8, 4) is 0 Å². The quantitative estimate of drug-likeness (QED) is 0.699. The van der Waals surface area contributed by atoms with Crippen LogP contribution >= 0.6 is 11.3 Å². The van der Waals surface area contributed by atoms with Gasteiger partial charge in [0.05, 0.1) is 19.0 Å². The smallest absolute Gasteiger partial charge is 0.348 e. The summed E-state index contributed by atoms with van der Waals surface area (Å²) in [4.78, 5) is 35.4. The number of hydrogen-bond donors (Lipinski definition) is 1. The molecule has 4 rings (SSSR count). The predicted octanol–water partition coefficient (Wildman–Crippen LogP) is 3.42. The maximum atomic E-state index is 12.6. The van der Waals surface area contributed by atoms with Gasteiger partial charge in [-0.15, -0.1) is 11.3 Å². The molecule has 0 amide bonds. The third-order valence-electron chi connectivity index (χ3n) is 5.12. The van der Waals surface area contributed by atoms with Crippen LogP contribution in [0.3, 0.4) is 0 Å². The predicted molar refractivity (Wildman–Crippen MR) is 105 cm³/mol. The maximum absolute atomic E-state index is 12.6. The van der Waals surface area contributed by atoms with Gasteiger partial charge < -0.3 is 9.72 Å². The van der Waals surface area contributed by atoms with Crippen LogP contribution in [0.5, 0.6) is 0 Å². The van der Waals surface area contributed by atoms with Gasteiger partial charge in [-0.3, -0.25) is 9.69 Å². The summed E-state index contributed by atoms with van der Waals surface area (Å²) < 4.78 is 4.81. The number of hydrogen-bond acceptors (Lipinski definition) is 6. The first-order chi connectivity index (χ1) is 13.1. The number of thiophene rings is 1. The summed E-state index contributed by atoms with van der Waals surface area (Å²) in [6.45, 7) is 3.31. The van der Waals surface area contributed by atoms with Crippen molar-refractivity contribution in [3.63, 3.8) is 0 Å². The van der Waals surface area contributed by atoms with Gasteiger partial charge in [0, 0.05) is 6.04 Å². The van der Waals surface area contributed by atoms with Crippen LogP contribution in [0.15, 0.2) is 35.1 Å². The standard InChI is InChI=1S/C20H21N3O3S/c1-12-16-18(24)21-15(22-19(16)27-17(12)20(25)26-2)11-23-10-6-9-14(23)13-7-4-3-5-8-13/h3-5,7-8,14H,6,9-11H2,1-2H3,(H,21,22,24). The van der Waals surface area contributed by atoms with Crippen LogP contribution in [0, 0.1) is 6.92 Å². The summed E-state index contributed by atoms with van der Waals surface area (Å²) in [6, 6.07) is 10.8. The number of rotatable bonds is 4. The molecular weight excluding hydrogens is 362 g/mol. The molecular formula is C20H21N3O3S. The number of aryl methyl sites for hydroxylation is 1. The zero-order valence-electron chi connectivity index (χ0n) is 15.3. The molecule has 3 aromatic rings. The van der Waals surface area contributed by atoms with E-state index in [1.165, 1.54) is 24.0 Å². The number of likely N-dealkylation sites (tertiary alicyclic amines) is 1. The maximum Gasteiger partial charge on any atom is 0.348 e. The van der Waals surface area contributed by atoms with Crippen molar-refractivity contribution in [1.82, 2.24) is 14.9 Å². The summed E-state index contributed by atoms with van der Waals surface area (Å²) in [5.74, 6) is 0.202. The van der Waals surface area contributed by atoms with E-state index in [1.807, 2.05) is 6.07 Å². The number of fused-ring (bicyclic) bond motifs is 1. The molecule has 0 saturated carbocycles. The van der Waals surface area contributed by atoms with Crippen LogP contribution < -0.4 is 5.56 Å². The Morgan fingerprint density at radius 2 is 2.15 bits per heavy atom. The van der Waals surface area contributed by atoms with E-state index in [0.29, 0.717) is 39.1 Å². The largest absolute Gasteiger partial charge is 0.465 e. The molecule has 0 radical (unpaired) electrons. The first kappa shape index (κ1) is 17.9. The number of aromatic nitrogens is 2. The normalized spacial score (nSPS) is 17.5. The minimum Gasteiger partial charge on any atom is -0.465 e. The molecule has 6 nitrogen and oxygen atoms in total. The van der Waals surface area contributed by atoms with Crippen LogP contribution in [0.2, 0.25) is 0 Å². The van der Waals surface area contributed by atoms with Crippen molar-refractivity contribution in [1.29, 1.82) is 0 Å². The number of ether oxygens (including phenoxy) is 1. The molecule has 7 heteroatoms. The van der Waals surface area contributed by atoms with Crippen molar-refractivity contribution in [3.05, 3.63) is 62.5 Å². The Hall–Kier alpha value is -2.51. The minimum absolute atomic E-state index is 0.200. The van der Waals surface area contributed by atoms with Crippen molar-refractivity contribution >= 4 is 27.5 Å². The monoisotopic (exact) mass is 383 g/mol. The second-order valence-corrected chi connectivity index (χ2v) is 7.78. The summed E-state index contributed by atoms with van der Waals surface area (Å²) in [5, 5.41) is 0.477. The van der Waals surface area contributed by atoms with Gasteiger partial charge in [0.1, 0.15) is 15.5 Å². The Bertz CT molecular complexity index is 1040. The number of nitrogens with zero attached hydrogens (tertiary/aromatic N) is 2. The van der Waals surface area contributed by atoms with E-state index >= 15 is 0 Å². The topological polar surface area (TPSA) is 75.3 Å². The van der Waals surface area contributed by atoms with Crippen LogP contribution in [0.25, 0.3) is 10.2 Å². The lowest BCUT2D eigenvalue weighted by atomic mass is 10.0. The molecule has 3 heterocycles. The molecule has 1 aromatic carbocycles. The Labute approximate surface area is 160 Å². The van der Waals surface area contributed by atoms with Gasteiger partial charge in [0.2, 0.25) is 0 Å². The fourth-order valence-electron chi connectivity index (χ4n) is 3.81. The van der Waals surface area contributed by atoms with Gasteiger partial charge in [0.25, 0.3) is 5.56 Å². The number of methoxy groups -OCH3 is 1. The van der Waals surface area contributed by atoms with Crippen molar-refractivity contribution in [2.75, 3.05) is 13.7 Å². The molecule has 27 heavy (non-hydrogen) atoms. The fourth-order valence-corrected chi connectivity index (χ4v) is 4.93. The molecule has 1 N–H and O–H groups in total. The first-order valence-corrected chi connectivity index (χ1v) is 9.79. The second kappa shape index (κ2) is 7.25. The number of carbonyl (C=O) groups excluding carboxylic acids is 1. The molecule has 0 spiro atoms. The third-order valence-corrected chi connectivity index (χ3v) is 6.29. The molecule has 0 aliphatic carbocycles. The Morgan fingerprint density at radius 3 is 2.89 bits per heavy atom. The average Bonchev–Trinajstić information content (AvgIpc) is 3.26. The van der Waals surface area contributed by atoms with Gasteiger partial charge in [-0.25, -0.2) is 9.78 Å². The molecule has 140 valence electrons. The van der Waals surface area contributed by atoms with Gasteiger partial charge in [-0.05, 0) is 37.4 Å². The van der Waals surface area contributed by atoms with Crippen LogP contribution in [0.1, 0.15) is 45.5 Å². The van der Waals surface area contributed by atoms with E-state index in [2.05, 4.69) is 39.1 Å². The minimum atomic E-state index is -0.430. The Balaban J connectivity index is 1.66. The van der Waals surface area contributed by atoms with E-state index in [4.69, 9.17) is 4.74 Å². The van der Waals surface area contributed by atoms with Crippen LogP contribution in [-0.2, 0) is 11.3 Å². The zero-order valence-corrected chi connectivity index (χ0v) is 16.1. The van der Waals surface area contributed by atoms with E-state index < -0.39 is 5.97 Å². The SMILES string of the molecule is COC(=O)c1sc2nc(CN3CCCC3c3ccccc3)[nH]c(=O)c2c1C. The highest BCUT2D eigenvalue weighted by Crippen LogP contribution is 2.33. The molecule has 1 aliphatic rings. The number of esters is 1.